The first-order valence-corrected chi connectivity index (χ1v) is 11.2. The zero-order valence-corrected chi connectivity index (χ0v) is 20.0. The summed E-state index contributed by atoms with van der Waals surface area (Å²) in [5.41, 5.74) is 2.68. The number of nitrogens with zero attached hydrogens (tertiary/aromatic N) is 2. The molecule has 2 aliphatic rings. The monoisotopic (exact) mass is 433 g/mol. The van der Waals surface area contributed by atoms with Crippen LogP contribution in [0.3, 0.4) is 0 Å². The standard InChI is InChI=1S/C24H39N3O4/c1-8-10-19(20-11-9-13-26(20)23(29)31-24(4,5)6)18(3)12-14-27(22(28)30-7)21-15-17(2)16-25-21/h10,16,20-21,25H,3,8-9,11-15H2,1-2,4-7H3/b19-10+/t20-,21?/m0/s1. The molecule has 2 rings (SSSR count). The molecule has 1 unspecified atom stereocenters. The maximum atomic E-state index is 12.8. The SMILES string of the molecule is C=C(CCN(C(=O)OC)C1CC(C)=CN1)/C(=C\CC)[C@@H]1CCCN1C(=O)OC(C)(C)C. The van der Waals surface area contributed by atoms with Gasteiger partial charge in [-0.3, -0.25) is 4.90 Å². The van der Waals surface area contributed by atoms with E-state index < -0.39 is 5.60 Å². The summed E-state index contributed by atoms with van der Waals surface area (Å²) in [6, 6.07) is -0.0395. The molecule has 2 aliphatic heterocycles. The molecule has 0 spiro atoms. The zero-order chi connectivity index (χ0) is 23.2. The van der Waals surface area contributed by atoms with E-state index in [1.54, 1.807) is 4.90 Å². The number of hydrogen-bond donors (Lipinski definition) is 1. The van der Waals surface area contributed by atoms with Crippen molar-refractivity contribution in [2.45, 2.75) is 84.5 Å². The molecule has 0 saturated carbocycles. The Hall–Kier alpha value is -2.44. The van der Waals surface area contributed by atoms with Gasteiger partial charge in [0.05, 0.1) is 13.2 Å². The molecule has 0 aliphatic carbocycles. The summed E-state index contributed by atoms with van der Waals surface area (Å²) < 4.78 is 10.6. The van der Waals surface area contributed by atoms with Gasteiger partial charge in [0.15, 0.2) is 0 Å². The van der Waals surface area contributed by atoms with E-state index in [-0.39, 0.29) is 24.4 Å². The first-order chi connectivity index (χ1) is 14.6. The first kappa shape index (κ1) is 24.8. The van der Waals surface area contributed by atoms with Crippen LogP contribution in [-0.2, 0) is 9.47 Å². The second kappa shape index (κ2) is 10.7. The van der Waals surface area contributed by atoms with Crippen molar-refractivity contribution in [3.05, 3.63) is 35.6 Å². The lowest BCUT2D eigenvalue weighted by atomic mass is 9.94. The Morgan fingerprint density at radius 2 is 2.10 bits per heavy atom. The van der Waals surface area contributed by atoms with E-state index >= 15 is 0 Å². The van der Waals surface area contributed by atoms with Gasteiger partial charge in [-0.05, 0) is 70.7 Å². The van der Waals surface area contributed by atoms with E-state index in [9.17, 15) is 9.59 Å². The average molecular weight is 434 g/mol. The Bertz CT molecular complexity index is 736. The number of likely N-dealkylation sites (tertiary alicyclic amines) is 1. The van der Waals surface area contributed by atoms with Crippen LogP contribution in [0, 0.1) is 0 Å². The van der Waals surface area contributed by atoms with E-state index in [2.05, 4.69) is 24.9 Å². The molecule has 31 heavy (non-hydrogen) atoms. The number of carbonyl (C=O) groups is 2. The third-order valence-electron chi connectivity index (χ3n) is 5.55. The van der Waals surface area contributed by atoms with Crippen LogP contribution in [0.5, 0.6) is 0 Å². The van der Waals surface area contributed by atoms with Crippen LogP contribution >= 0.6 is 0 Å². The van der Waals surface area contributed by atoms with Crippen LogP contribution < -0.4 is 5.32 Å². The van der Waals surface area contributed by atoms with Crippen LogP contribution in [-0.4, -0.2) is 60.0 Å². The Labute approximate surface area is 187 Å². The normalized spacial score (nSPS) is 21.4. The summed E-state index contributed by atoms with van der Waals surface area (Å²) in [4.78, 5) is 28.7. The quantitative estimate of drug-likeness (QED) is 0.575. The number of nitrogens with one attached hydrogen (secondary N) is 1. The number of hydrogen-bond acceptors (Lipinski definition) is 5. The third-order valence-corrected chi connectivity index (χ3v) is 5.55. The Morgan fingerprint density at radius 1 is 1.39 bits per heavy atom. The van der Waals surface area contributed by atoms with Crippen molar-refractivity contribution < 1.29 is 19.1 Å². The number of rotatable bonds is 7. The van der Waals surface area contributed by atoms with Gasteiger partial charge in [0, 0.05) is 19.5 Å². The fourth-order valence-electron chi connectivity index (χ4n) is 4.12. The van der Waals surface area contributed by atoms with Crippen molar-refractivity contribution in [3.8, 4) is 0 Å². The summed E-state index contributed by atoms with van der Waals surface area (Å²) in [7, 11) is 1.40. The molecule has 1 fully saturated rings. The van der Waals surface area contributed by atoms with Crippen molar-refractivity contribution in [2.75, 3.05) is 20.2 Å². The van der Waals surface area contributed by atoms with E-state index in [0.29, 0.717) is 19.5 Å². The number of allylic oxidation sites excluding steroid dienone is 1. The van der Waals surface area contributed by atoms with Crippen molar-refractivity contribution in [3.63, 3.8) is 0 Å². The zero-order valence-electron chi connectivity index (χ0n) is 20.0. The molecule has 7 heteroatoms. The summed E-state index contributed by atoms with van der Waals surface area (Å²) >= 11 is 0. The molecule has 2 amide bonds. The van der Waals surface area contributed by atoms with Gasteiger partial charge in [-0.15, -0.1) is 0 Å². The molecule has 1 saturated heterocycles. The largest absolute Gasteiger partial charge is 0.453 e. The van der Waals surface area contributed by atoms with Crippen LogP contribution in [0.2, 0.25) is 0 Å². The van der Waals surface area contributed by atoms with Crippen molar-refractivity contribution in [1.29, 1.82) is 0 Å². The molecule has 1 N–H and O–H groups in total. The van der Waals surface area contributed by atoms with Crippen LogP contribution in [0.15, 0.2) is 35.6 Å². The molecule has 0 aromatic carbocycles. The van der Waals surface area contributed by atoms with E-state index in [0.717, 1.165) is 36.8 Å². The van der Waals surface area contributed by atoms with Gasteiger partial charge < -0.3 is 19.7 Å². The molecule has 2 atom stereocenters. The average Bonchev–Trinajstić information content (AvgIpc) is 3.33. The number of methoxy groups -OCH3 is 1. The Morgan fingerprint density at radius 3 is 2.65 bits per heavy atom. The topological polar surface area (TPSA) is 71.1 Å². The van der Waals surface area contributed by atoms with Gasteiger partial charge in [0.2, 0.25) is 0 Å². The van der Waals surface area contributed by atoms with Crippen molar-refractivity contribution in [2.24, 2.45) is 0 Å². The van der Waals surface area contributed by atoms with Crippen LogP contribution in [0.4, 0.5) is 9.59 Å². The summed E-state index contributed by atoms with van der Waals surface area (Å²) in [6.07, 6.45) is 7.40. The van der Waals surface area contributed by atoms with Gasteiger partial charge in [-0.2, -0.15) is 0 Å². The predicted molar refractivity (Wildman–Crippen MR) is 123 cm³/mol. The summed E-state index contributed by atoms with van der Waals surface area (Å²) in [6.45, 7) is 15.3. The second-order valence-electron chi connectivity index (χ2n) is 9.29. The van der Waals surface area contributed by atoms with Gasteiger partial charge in [-0.1, -0.05) is 25.2 Å². The fraction of sp³-hybridized carbons (Fsp3) is 0.667. The molecule has 0 aromatic heterocycles. The molecule has 7 nitrogen and oxygen atoms in total. The van der Waals surface area contributed by atoms with Gasteiger partial charge in [-0.25, -0.2) is 9.59 Å². The lowest BCUT2D eigenvalue weighted by Gasteiger charge is -2.32. The van der Waals surface area contributed by atoms with Gasteiger partial charge in [0.25, 0.3) is 0 Å². The van der Waals surface area contributed by atoms with Crippen molar-refractivity contribution >= 4 is 12.2 Å². The number of amides is 2. The van der Waals surface area contributed by atoms with E-state index in [1.807, 2.05) is 38.8 Å². The highest BCUT2D eigenvalue weighted by Gasteiger charge is 2.35. The maximum Gasteiger partial charge on any atom is 0.411 e. The fourth-order valence-corrected chi connectivity index (χ4v) is 4.12. The lowest BCUT2D eigenvalue weighted by Crippen LogP contribution is -2.46. The maximum absolute atomic E-state index is 12.8. The predicted octanol–water partition coefficient (Wildman–Crippen LogP) is 4.96. The van der Waals surface area contributed by atoms with Crippen molar-refractivity contribution in [1.82, 2.24) is 15.1 Å². The minimum atomic E-state index is -0.530. The molecule has 2 heterocycles. The second-order valence-corrected chi connectivity index (χ2v) is 9.29. The molecular formula is C24H39N3O4. The van der Waals surface area contributed by atoms with Crippen LogP contribution in [0.25, 0.3) is 0 Å². The number of ether oxygens (including phenoxy) is 2. The molecule has 174 valence electrons. The van der Waals surface area contributed by atoms with E-state index in [4.69, 9.17) is 9.47 Å². The summed E-state index contributed by atoms with van der Waals surface area (Å²) in [5, 5.41) is 3.25. The highest BCUT2D eigenvalue weighted by Crippen LogP contribution is 2.31. The highest BCUT2D eigenvalue weighted by atomic mass is 16.6. The van der Waals surface area contributed by atoms with Crippen LogP contribution in [0.1, 0.15) is 66.7 Å². The third kappa shape index (κ3) is 6.77. The highest BCUT2D eigenvalue weighted by molar-refractivity contribution is 5.70. The first-order valence-electron chi connectivity index (χ1n) is 11.2. The molecule has 0 aromatic rings. The lowest BCUT2D eigenvalue weighted by molar-refractivity contribution is 0.0250. The molecular weight excluding hydrogens is 394 g/mol. The van der Waals surface area contributed by atoms with E-state index in [1.165, 1.54) is 12.7 Å². The number of carbonyl (C=O) groups excluding carboxylic acids is 2. The smallest absolute Gasteiger partial charge is 0.411 e. The minimum absolute atomic E-state index is 0.0395. The molecule has 0 radical (unpaired) electrons. The van der Waals surface area contributed by atoms with Gasteiger partial charge >= 0.3 is 12.2 Å². The summed E-state index contributed by atoms with van der Waals surface area (Å²) in [5.74, 6) is 0. The Balaban J connectivity index is 2.09. The minimum Gasteiger partial charge on any atom is -0.453 e. The molecule has 0 bridgehead atoms. The Kier molecular flexibility index (Phi) is 8.60. The van der Waals surface area contributed by atoms with Gasteiger partial charge in [0.1, 0.15) is 11.8 Å².